The third kappa shape index (κ3) is 17.5. The van der Waals surface area contributed by atoms with Gasteiger partial charge in [-0.3, -0.25) is 9.59 Å². The molecule has 1 unspecified atom stereocenters. The summed E-state index contributed by atoms with van der Waals surface area (Å²) in [5, 5.41) is 0.945. The highest BCUT2D eigenvalue weighted by atomic mass is 79.9. The molecule has 22 heavy (non-hydrogen) atoms. The molecule has 0 aliphatic rings. The van der Waals surface area contributed by atoms with E-state index in [1.807, 2.05) is 48.5 Å². The Morgan fingerprint density at radius 3 is 1.73 bits per heavy atom. The number of ether oxygens (including phenoxy) is 2. The summed E-state index contributed by atoms with van der Waals surface area (Å²) in [5.41, 5.74) is -0.688. The van der Waals surface area contributed by atoms with E-state index in [-0.39, 0.29) is 29.1 Å². The lowest BCUT2D eigenvalue weighted by Crippen LogP contribution is -2.27. The number of esters is 2. The number of hydrogen-bond donors (Lipinski definition) is 0. The first-order chi connectivity index (χ1) is 9.82. The van der Waals surface area contributed by atoms with E-state index in [0.29, 0.717) is 6.42 Å². The largest absolute Gasteiger partial charge is 0.460 e. The number of carbonyl (C=O) groups excluding carboxylic acids is 2. The first kappa shape index (κ1) is 23.7. The number of rotatable bonds is 5. The molecule has 1 atom stereocenters. The van der Waals surface area contributed by atoms with Gasteiger partial charge < -0.3 is 9.47 Å². The second kappa shape index (κ2) is 11.0. The van der Waals surface area contributed by atoms with E-state index in [0.717, 1.165) is 18.2 Å². The summed E-state index contributed by atoms with van der Waals surface area (Å²) in [6.07, 6.45) is 2.36. The summed E-state index contributed by atoms with van der Waals surface area (Å²) in [6.45, 7) is 15.0. The molecule has 5 heteroatoms. The number of hydrogen-bond acceptors (Lipinski definition) is 4. The van der Waals surface area contributed by atoms with Crippen LogP contribution < -0.4 is 0 Å². The van der Waals surface area contributed by atoms with Crippen molar-refractivity contribution in [3.63, 3.8) is 0 Å². The lowest BCUT2D eigenvalue weighted by Gasteiger charge is -2.22. The average Bonchev–Trinajstić information content (AvgIpc) is 2.32. The molecule has 0 aromatic rings. The van der Waals surface area contributed by atoms with Crippen molar-refractivity contribution in [1.29, 1.82) is 0 Å². The van der Waals surface area contributed by atoms with Crippen molar-refractivity contribution in [3.8, 4) is 0 Å². The highest BCUT2D eigenvalue weighted by Crippen LogP contribution is 2.14. The van der Waals surface area contributed by atoms with Gasteiger partial charge in [-0.1, -0.05) is 29.8 Å². The molecule has 0 amide bonds. The van der Waals surface area contributed by atoms with Crippen molar-refractivity contribution in [3.05, 3.63) is 0 Å². The molecule has 0 aliphatic heterocycles. The summed E-state index contributed by atoms with van der Waals surface area (Å²) in [7, 11) is 0. The Morgan fingerprint density at radius 1 is 1.00 bits per heavy atom. The zero-order valence-corrected chi connectivity index (χ0v) is 17.0. The molecule has 0 radical (unpaired) electrons. The van der Waals surface area contributed by atoms with E-state index in [1.165, 1.54) is 0 Å². The highest BCUT2D eigenvalue weighted by molar-refractivity contribution is 9.09. The molecule has 0 aliphatic carbocycles. The van der Waals surface area contributed by atoms with E-state index in [2.05, 4.69) is 15.9 Å². The van der Waals surface area contributed by atoms with E-state index < -0.39 is 0 Å². The zero-order valence-electron chi connectivity index (χ0n) is 15.4. The molecule has 132 valence electrons. The maximum atomic E-state index is 11.4. The summed E-state index contributed by atoms with van der Waals surface area (Å²) < 4.78 is 10.2. The van der Waals surface area contributed by atoms with Crippen LogP contribution in [0.15, 0.2) is 0 Å². The SMILES string of the molecule is CC(CCCBr)C(=O)OC(C)(C)C.CCC(=O)OC(C)(C)C. The zero-order chi connectivity index (χ0) is 18.0. The Bertz CT molecular complexity index is 327. The van der Waals surface area contributed by atoms with Crippen molar-refractivity contribution < 1.29 is 19.1 Å². The monoisotopic (exact) mass is 380 g/mol. The minimum absolute atomic E-state index is 0.0109. The van der Waals surface area contributed by atoms with Crippen molar-refractivity contribution in [2.75, 3.05) is 5.33 Å². The Balaban J connectivity index is 0. The van der Waals surface area contributed by atoms with Gasteiger partial charge in [-0.2, -0.15) is 0 Å². The van der Waals surface area contributed by atoms with Crippen LogP contribution in [0, 0.1) is 5.92 Å². The smallest absolute Gasteiger partial charge is 0.309 e. The summed E-state index contributed by atoms with van der Waals surface area (Å²) >= 11 is 3.34. The molecule has 0 bridgehead atoms. The van der Waals surface area contributed by atoms with Crippen LogP contribution in [0.1, 0.15) is 74.7 Å². The van der Waals surface area contributed by atoms with E-state index in [9.17, 15) is 9.59 Å². The third-order valence-electron chi connectivity index (χ3n) is 2.29. The van der Waals surface area contributed by atoms with Crippen LogP contribution in [0.3, 0.4) is 0 Å². The number of alkyl halides is 1. The topological polar surface area (TPSA) is 52.6 Å². The fourth-order valence-electron chi connectivity index (χ4n) is 1.32. The Labute approximate surface area is 144 Å². The summed E-state index contributed by atoms with van der Waals surface area (Å²) in [6, 6.07) is 0. The maximum Gasteiger partial charge on any atom is 0.309 e. The van der Waals surface area contributed by atoms with Crippen molar-refractivity contribution in [1.82, 2.24) is 0 Å². The highest BCUT2D eigenvalue weighted by Gasteiger charge is 2.20. The van der Waals surface area contributed by atoms with Gasteiger partial charge in [0.1, 0.15) is 11.2 Å². The van der Waals surface area contributed by atoms with E-state index in [1.54, 1.807) is 6.92 Å². The van der Waals surface area contributed by atoms with Crippen molar-refractivity contribution in [2.45, 2.75) is 85.9 Å². The predicted molar refractivity (Wildman–Crippen MR) is 94.2 cm³/mol. The molecule has 0 spiro atoms. The molecule has 0 aromatic carbocycles. The van der Waals surface area contributed by atoms with Gasteiger partial charge in [0.15, 0.2) is 0 Å². The van der Waals surface area contributed by atoms with Crippen LogP contribution in [-0.2, 0) is 19.1 Å². The van der Waals surface area contributed by atoms with Gasteiger partial charge in [-0.05, 0) is 54.4 Å². The van der Waals surface area contributed by atoms with Crippen LogP contribution in [0.25, 0.3) is 0 Å². The third-order valence-corrected chi connectivity index (χ3v) is 2.85. The molecule has 0 heterocycles. The molecule has 0 N–H and O–H groups in total. The van der Waals surface area contributed by atoms with Gasteiger partial charge in [0.05, 0.1) is 5.92 Å². The number of carbonyl (C=O) groups is 2. The van der Waals surface area contributed by atoms with Gasteiger partial charge in [0.25, 0.3) is 0 Å². The van der Waals surface area contributed by atoms with Gasteiger partial charge >= 0.3 is 11.9 Å². The quantitative estimate of drug-likeness (QED) is 0.503. The normalized spacial score (nSPS) is 12.8. The van der Waals surface area contributed by atoms with E-state index in [4.69, 9.17) is 9.47 Å². The molecule has 0 fully saturated rings. The molecule has 0 saturated carbocycles. The van der Waals surface area contributed by atoms with E-state index >= 15 is 0 Å². The van der Waals surface area contributed by atoms with Gasteiger partial charge in [-0.15, -0.1) is 0 Å². The van der Waals surface area contributed by atoms with Gasteiger partial charge in [0.2, 0.25) is 0 Å². The van der Waals surface area contributed by atoms with Crippen molar-refractivity contribution in [2.24, 2.45) is 5.92 Å². The Kier molecular flexibility index (Phi) is 11.9. The first-order valence-electron chi connectivity index (χ1n) is 7.83. The second-order valence-corrected chi connectivity index (χ2v) is 8.00. The standard InChI is InChI=1S/C10H19BrO2.C7H14O2/c1-8(6-5-7-11)9(12)13-10(2,3)4;1-5-6(8)9-7(2,3)4/h8H,5-7H2,1-4H3;5H2,1-4H3. The summed E-state index contributed by atoms with van der Waals surface area (Å²) in [4.78, 5) is 22.0. The van der Waals surface area contributed by atoms with Crippen LogP contribution in [0.4, 0.5) is 0 Å². The molecule has 0 saturated heterocycles. The number of halogens is 1. The second-order valence-electron chi connectivity index (χ2n) is 7.21. The average molecular weight is 381 g/mol. The van der Waals surface area contributed by atoms with Crippen molar-refractivity contribution >= 4 is 27.9 Å². The maximum absolute atomic E-state index is 11.4. The fourth-order valence-corrected chi connectivity index (χ4v) is 1.64. The minimum atomic E-state index is -0.361. The van der Waals surface area contributed by atoms with Crippen LogP contribution >= 0.6 is 15.9 Å². The minimum Gasteiger partial charge on any atom is -0.460 e. The molecule has 0 rings (SSSR count). The molecule has 4 nitrogen and oxygen atoms in total. The Hall–Kier alpha value is -0.580. The predicted octanol–water partition coefficient (Wildman–Crippen LogP) is 4.88. The van der Waals surface area contributed by atoms with Crippen LogP contribution in [0.2, 0.25) is 0 Å². The van der Waals surface area contributed by atoms with Crippen LogP contribution in [-0.4, -0.2) is 28.5 Å². The molecule has 0 aromatic heterocycles. The molecular formula is C17H33BrO4. The lowest BCUT2D eigenvalue weighted by atomic mass is 10.1. The first-order valence-corrected chi connectivity index (χ1v) is 8.95. The van der Waals surface area contributed by atoms with Gasteiger partial charge in [0, 0.05) is 11.8 Å². The summed E-state index contributed by atoms with van der Waals surface area (Å²) in [5.74, 6) is -0.215. The molecular weight excluding hydrogens is 348 g/mol. The Morgan fingerprint density at radius 2 is 1.45 bits per heavy atom. The van der Waals surface area contributed by atoms with Gasteiger partial charge in [-0.25, -0.2) is 0 Å². The lowest BCUT2D eigenvalue weighted by molar-refractivity contribution is -0.159. The fraction of sp³-hybridized carbons (Fsp3) is 0.882. The van der Waals surface area contributed by atoms with Crippen LogP contribution in [0.5, 0.6) is 0 Å².